The third kappa shape index (κ3) is 5.81. The zero-order valence-corrected chi connectivity index (χ0v) is 17.0. The van der Waals surface area contributed by atoms with Crippen LogP contribution in [0.4, 0.5) is 4.79 Å². The molecule has 0 aromatic heterocycles. The highest BCUT2D eigenvalue weighted by Gasteiger charge is 2.42. The molecule has 0 N–H and O–H groups in total. The maximum absolute atomic E-state index is 12.8. The predicted molar refractivity (Wildman–Crippen MR) is 103 cm³/mol. The SMILES string of the molecule is C=C(C[C@@H]([C@H]1COC(C)(C)O1)N(Cc1ccccc1)C(=O)OCC)C(=O)OC. The number of amides is 1. The van der Waals surface area contributed by atoms with Crippen molar-refractivity contribution in [1.29, 1.82) is 0 Å². The van der Waals surface area contributed by atoms with E-state index < -0.39 is 30.0 Å². The summed E-state index contributed by atoms with van der Waals surface area (Å²) < 4.78 is 21.8. The first kappa shape index (κ1) is 21.9. The second-order valence-corrected chi connectivity index (χ2v) is 7.05. The molecule has 1 aliphatic heterocycles. The van der Waals surface area contributed by atoms with E-state index in [1.165, 1.54) is 7.11 Å². The van der Waals surface area contributed by atoms with Crippen LogP contribution in [0, 0.1) is 0 Å². The van der Waals surface area contributed by atoms with E-state index in [-0.39, 0.29) is 25.2 Å². The Morgan fingerprint density at radius 3 is 2.54 bits per heavy atom. The fraction of sp³-hybridized carbons (Fsp3) is 0.524. The van der Waals surface area contributed by atoms with E-state index in [9.17, 15) is 9.59 Å². The van der Waals surface area contributed by atoms with Crippen molar-refractivity contribution in [2.45, 2.75) is 51.7 Å². The summed E-state index contributed by atoms with van der Waals surface area (Å²) in [4.78, 5) is 26.3. The van der Waals surface area contributed by atoms with Crippen molar-refractivity contribution in [2.75, 3.05) is 20.3 Å². The normalized spacial score (nSPS) is 18.9. The lowest BCUT2D eigenvalue weighted by molar-refractivity contribution is -0.146. The molecule has 1 aromatic rings. The van der Waals surface area contributed by atoms with Gasteiger partial charge in [-0.05, 0) is 26.3 Å². The van der Waals surface area contributed by atoms with Gasteiger partial charge in [0.15, 0.2) is 5.79 Å². The minimum Gasteiger partial charge on any atom is -0.466 e. The smallest absolute Gasteiger partial charge is 0.410 e. The molecule has 28 heavy (non-hydrogen) atoms. The summed E-state index contributed by atoms with van der Waals surface area (Å²) in [5.74, 6) is -1.30. The van der Waals surface area contributed by atoms with Crippen molar-refractivity contribution < 1.29 is 28.5 Å². The van der Waals surface area contributed by atoms with Crippen molar-refractivity contribution in [3.8, 4) is 0 Å². The van der Waals surface area contributed by atoms with Gasteiger partial charge in [0, 0.05) is 18.5 Å². The number of ether oxygens (including phenoxy) is 4. The van der Waals surface area contributed by atoms with Crippen molar-refractivity contribution >= 4 is 12.1 Å². The van der Waals surface area contributed by atoms with Gasteiger partial charge in [0.05, 0.1) is 26.4 Å². The molecule has 0 bridgehead atoms. The number of methoxy groups -OCH3 is 1. The molecule has 1 heterocycles. The largest absolute Gasteiger partial charge is 0.466 e. The van der Waals surface area contributed by atoms with Gasteiger partial charge in [0.25, 0.3) is 0 Å². The van der Waals surface area contributed by atoms with Gasteiger partial charge in [-0.1, -0.05) is 36.9 Å². The van der Waals surface area contributed by atoms with Crippen LogP contribution in [0.5, 0.6) is 0 Å². The molecule has 0 unspecified atom stereocenters. The monoisotopic (exact) mass is 391 g/mol. The Hall–Kier alpha value is -2.38. The number of carbonyl (C=O) groups is 2. The van der Waals surface area contributed by atoms with Crippen LogP contribution >= 0.6 is 0 Å². The molecule has 2 rings (SSSR count). The second kappa shape index (κ2) is 9.71. The summed E-state index contributed by atoms with van der Waals surface area (Å²) in [7, 11) is 1.30. The summed E-state index contributed by atoms with van der Waals surface area (Å²) in [5.41, 5.74) is 1.19. The van der Waals surface area contributed by atoms with E-state index in [4.69, 9.17) is 18.9 Å². The third-order valence-electron chi connectivity index (χ3n) is 4.49. The van der Waals surface area contributed by atoms with Crippen LogP contribution in [0.15, 0.2) is 42.5 Å². The van der Waals surface area contributed by atoms with Crippen LogP contribution in [0.2, 0.25) is 0 Å². The van der Waals surface area contributed by atoms with Crippen molar-refractivity contribution in [3.05, 3.63) is 48.0 Å². The molecule has 0 saturated carbocycles. The molecular formula is C21H29NO6. The highest BCUT2D eigenvalue weighted by atomic mass is 16.7. The summed E-state index contributed by atoms with van der Waals surface area (Å²) in [6.45, 7) is 10.0. The molecular weight excluding hydrogens is 362 g/mol. The van der Waals surface area contributed by atoms with E-state index in [0.29, 0.717) is 6.54 Å². The molecule has 0 aliphatic carbocycles. The Bertz CT molecular complexity index is 687. The van der Waals surface area contributed by atoms with Crippen LogP contribution in [0.25, 0.3) is 0 Å². The first-order valence-corrected chi connectivity index (χ1v) is 9.32. The minimum atomic E-state index is -0.775. The Morgan fingerprint density at radius 1 is 1.32 bits per heavy atom. The number of benzene rings is 1. The quantitative estimate of drug-likeness (QED) is 0.500. The Balaban J connectivity index is 2.33. The molecule has 7 nitrogen and oxygen atoms in total. The number of nitrogens with zero attached hydrogens (tertiary/aromatic N) is 1. The van der Waals surface area contributed by atoms with E-state index in [2.05, 4.69) is 6.58 Å². The van der Waals surface area contributed by atoms with Gasteiger partial charge in [0.2, 0.25) is 0 Å². The molecule has 2 atom stereocenters. The molecule has 1 aliphatic rings. The van der Waals surface area contributed by atoms with E-state index in [1.807, 2.05) is 44.2 Å². The van der Waals surface area contributed by atoms with Gasteiger partial charge >= 0.3 is 12.1 Å². The van der Waals surface area contributed by atoms with Crippen molar-refractivity contribution in [1.82, 2.24) is 4.90 Å². The summed E-state index contributed by atoms with van der Waals surface area (Å²) in [6, 6.07) is 9.06. The zero-order valence-electron chi connectivity index (χ0n) is 17.0. The summed E-state index contributed by atoms with van der Waals surface area (Å²) in [5, 5.41) is 0. The van der Waals surface area contributed by atoms with Gasteiger partial charge in [-0.2, -0.15) is 0 Å². The lowest BCUT2D eigenvalue weighted by Crippen LogP contribution is -2.48. The van der Waals surface area contributed by atoms with Crippen LogP contribution in [0.3, 0.4) is 0 Å². The van der Waals surface area contributed by atoms with Crippen LogP contribution in [-0.4, -0.2) is 55.2 Å². The lowest BCUT2D eigenvalue weighted by atomic mass is 10.00. The van der Waals surface area contributed by atoms with Gasteiger partial charge in [-0.3, -0.25) is 4.90 Å². The fourth-order valence-corrected chi connectivity index (χ4v) is 3.13. The number of hydrogen-bond donors (Lipinski definition) is 0. The molecule has 0 spiro atoms. The highest BCUT2D eigenvalue weighted by Crippen LogP contribution is 2.30. The number of rotatable bonds is 8. The summed E-state index contributed by atoms with van der Waals surface area (Å²) >= 11 is 0. The first-order valence-electron chi connectivity index (χ1n) is 9.32. The minimum absolute atomic E-state index is 0.183. The van der Waals surface area contributed by atoms with E-state index in [0.717, 1.165) is 5.56 Å². The Kier molecular flexibility index (Phi) is 7.60. The molecule has 154 valence electrons. The van der Waals surface area contributed by atoms with Crippen molar-refractivity contribution in [2.24, 2.45) is 0 Å². The molecule has 1 saturated heterocycles. The molecule has 0 radical (unpaired) electrons. The Morgan fingerprint density at radius 2 is 2.00 bits per heavy atom. The average molecular weight is 391 g/mol. The third-order valence-corrected chi connectivity index (χ3v) is 4.49. The Labute approximate surface area is 166 Å². The fourth-order valence-electron chi connectivity index (χ4n) is 3.13. The van der Waals surface area contributed by atoms with Gasteiger partial charge in [0.1, 0.15) is 6.10 Å². The lowest BCUT2D eigenvalue weighted by Gasteiger charge is -2.34. The van der Waals surface area contributed by atoms with Gasteiger partial charge in [-0.15, -0.1) is 0 Å². The maximum Gasteiger partial charge on any atom is 0.410 e. The number of esters is 1. The molecule has 1 aromatic carbocycles. The average Bonchev–Trinajstić information content (AvgIpc) is 3.04. The van der Waals surface area contributed by atoms with E-state index in [1.54, 1.807) is 11.8 Å². The molecule has 1 amide bonds. The van der Waals surface area contributed by atoms with Gasteiger partial charge in [-0.25, -0.2) is 9.59 Å². The number of hydrogen-bond acceptors (Lipinski definition) is 6. The number of carbonyl (C=O) groups excluding carboxylic acids is 2. The molecule has 7 heteroatoms. The first-order chi connectivity index (χ1) is 13.3. The van der Waals surface area contributed by atoms with E-state index >= 15 is 0 Å². The topological polar surface area (TPSA) is 74.3 Å². The predicted octanol–water partition coefficient (Wildman–Crippen LogP) is 3.28. The molecule has 1 fully saturated rings. The second-order valence-electron chi connectivity index (χ2n) is 7.05. The summed E-state index contributed by atoms with van der Waals surface area (Å²) in [6.07, 6.45) is -0.741. The highest BCUT2D eigenvalue weighted by molar-refractivity contribution is 5.87. The maximum atomic E-state index is 12.8. The van der Waals surface area contributed by atoms with Crippen LogP contribution in [0.1, 0.15) is 32.8 Å². The van der Waals surface area contributed by atoms with Crippen LogP contribution in [-0.2, 0) is 30.3 Å². The van der Waals surface area contributed by atoms with Crippen molar-refractivity contribution in [3.63, 3.8) is 0 Å². The zero-order chi connectivity index (χ0) is 20.7. The van der Waals surface area contributed by atoms with Crippen LogP contribution < -0.4 is 0 Å². The standard InChI is InChI=1S/C21H29NO6/c1-6-26-20(24)22(13-16-10-8-7-9-11-16)17(12-15(2)19(23)25-5)18-14-27-21(3,4)28-18/h7-11,17-18H,2,6,12-14H2,1,3-5H3/t17-,18+/m0/s1. The van der Waals surface area contributed by atoms with Gasteiger partial charge < -0.3 is 18.9 Å².